The van der Waals surface area contributed by atoms with Gasteiger partial charge in [-0.2, -0.15) is 0 Å². The van der Waals surface area contributed by atoms with E-state index in [2.05, 4.69) is 0 Å². The molecule has 2 rings (SSSR count). The maximum absolute atomic E-state index is 12.5. The van der Waals surface area contributed by atoms with Crippen molar-refractivity contribution in [2.45, 2.75) is 30.5 Å². The second-order valence-electron chi connectivity index (χ2n) is 4.16. The fraction of sp³-hybridized carbons (Fsp3) is 0.308. The van der Waals surface area contributed by atoms with Gasteiger partial charge in [-0.3, -0.25) is 4.79 Å². The van der Waals surface area contributed by atoms with Crippen LogP contribution >= 0.6 is 0 Å². The Balaban J connectivity index is 2.54. The van der Waals surface area contributed by atoms with Crippen molar-refractivity contribution in [1.29, 1.82) is 0 Å². The SMILES string of the molecule is [2H][15N]1C(=O)C(CC)=C(C)C1S(=O)(=O)c1ccccc1. The highest BCUT2D eigenvalue weighted by Gasteiger charge is 2.37. The second-order valence-corrected chi connectivity index (χ2v) is 6.17. The lowest BCUT2D eigenvalue weighted by Gasteiger charge is -2.13. The molecule has 0 saturated carbocycles. The molecule has 0 saturated heterocycles. The molecule has 0 bridgehead atoms. The van der Waals surface area contributed by atoms with Gasteiger partial charge in [0.05, 0.1) is 4.90 Å². The number of nitrogens with one attached hydrogen (secondary N) is 1. The van der Waals surface area contributed by atoms with Crippen molar-refractivity contribution < 1.29 is 14.6 Å². The molecule has 1 unspecified atom stereocenters. The van der Waals surface area contributed by atoms with Crippen molar-refractivity contribution in [2.75, 3.05) is 0 Å². The Kier molecular flexibility index (Phi) is 2.91. The van der Waals surface area contributed by atoms with E-state index >= 15 is 0 Å². The van der Waals surface area contributed by atoms with Crippen molar-refractivity contribution in [3.63, 3.8) is 0 Å². The van der Waals surface area contributed by atoms with Gasteiger partial charge in [0, 0.05) is 5.57 Å². The van der Waals surface area contributed by atoms with E-state index < -0.39 is 21.1 Å². The Bertz CT molecular complexity index is 637. The van der Waals surface area contributed by atoms with Crippen molar-refractivity contribution in [3.8, 4) is 0 Å². The summed E-state index contributed by atoms with van der Waals surface area (Å²) < 4.78 is 32.8. The zero-order valence-corrected chi connectivity index (χ0v) is 11.1. The fourth-order valence-electron chi connectivity index (χ4n) is 2.07. The minimum Gasteiger partial charge on any atom is -0.332 e. The molecule has 0 radical (unpaired) electrons. The highest BCUT2D eigenvalue weighted by Crippen LogP contribution is 2.27. The maximum Gasteiger partial charge on any atom is 0.248 e. The summed E-state index contributed by atoms with van der Waals surface area (Å²) in [6.07, 6.45) is 0.431. The van der Waals surface area contributed by atoms with E-state index in [0.717, 1.165) is 0 Å². The van der Waals surface area contributed by atoms with Crippen LogP contribution in [-0.2, 0) is 14.6 Å². The average molecular weight is 267 g/mol. The standard InChI is InChI=1S/C13H15NO3S/c1-3-11-9(2)13(14-12(11)15)18(16,17)10-7-5-4-6-8-10/h4-8,13H,3H2,1-2H3,(H,14,15)/i14+1/hD. The molecule has 96 valence electrons. The zero-order valence-electron chi connectivity index (χ0n) is 11.3. The van der Waals surface area contributed by atoms with Crippen LogP contribution in [-0.4, -0.2) is 19.7 Å². The molecule has 0 spiro atoms. The van der Waals surface area contributed by atoms with E-state index in [1.165, 1.54) is 12.1 Å². The summed E-state index contributed by atoms with van der Waals surface area (Å²) in [6, 6.07) is 7.92. The number of benzene rings is 1. The molecule has 1 atom stereocenters. The van der Waals surface area contributed by atoms with Gasteiger partial charge in [0.25, 0.3) is 0 Å². The van der Waals surface area contributed by atoms with Gasteiger partial charge in [-0.05, 0) is 31.1 Å². The molecule has 1 aliphatic rings. The van der Waals surface area contributed by atoms with Crippen molar-refractivity contribution in [2.24, 2.45) is 0 Å². The number of carbonyl (C=O) groups excluding carboxylic acids is 1. The third-order valence-electron chi connectivity index (χ3n) is 3.06. The largest absolute Gasteiger partial charge is 0.332 e. The first-order valence-corrected chi connectivity index (χ1v) is 7.27. The van der Waals surface area contributed by atoms with Gasteiger partial charge in [0.15, 0.2) is 6.79 Å². The molecule has 1 heterocycles. The first-order valence-electron chi connectivity index (χ1n) is 6.17. The van der Waals surface area contributed by atoms with E-state index in [9.17, 15) is 13.2 Å². The molecule has 1 amide bonds. The van der Waals surface area contributed by atoms with Crippen LogP contribution in [0.25, 0.3) is 0 Å². The van der Waals surface area contributed by atoms with Crippen LogP contribution < -0.4 is 5.31 Å². The summed E-state index contributed by atoms with van der Waals surface area (Å²) in [5, 5.41) is -0.645. The summed E-state index contributed by atoms with van der Waals surface area (Å²) in [7, 11) is -3.75. The molecular formula is C13H15NO3S. The fourth-order valence-corrected chi connectivity index (χ4v) is 3.71. The number of amides is 1. The lowest BCUT2D eigenvalue weighted by atomic mass is 10.1. The number of hydrogen-bond donors (Lipinski definition) is 1. The monoisotopic (exact) mass is 267 g/mol. The molecular weight excluding hydrogens is 251 g/mol. The highest BCUT2D eigenvalue weighted by molar-refractivity contribution is 7.92. The van der Waals surface area contributed by atoms with Gasteiger partial charge in [0.1, 0.15) is 0 Å². The van der Waals surface area contributed by atoms with E-state index in [4.69, 9.17) is 1.41 Å². The third kappa shape index (κ3) is 1.95. The maximum atomic E-state index is 12.5. The summed E-state index contributed by atoms with van der Waals surface area (Å²) in [5.41, 5.74) is 0.867. The Labute approximate surface area is 108 Å². The van der Waals surface area contributed by atoms with Gasteiger partial charge in [-0.25, -0.2) is 8.42 Å². The molecule has 0 aliphatic carbocycles. The smallest absolute Gasteiger partial charge is 0.248 e. The number of hydrogen-bond acceptors (Lipinski definition) is 3. The van der Waals surface area contributed by atoms with E-state index in [0.29, 0.717) is 22.9 Å². The number of rotatable bonds is 3. The van der Waals surface area contributed by atoms with Crippen LogP contribution in [0, 0.1) is 0 Å². The topological polar surface area (TPSA) is 63.2 Å². The predicted molar refractivity (Wildman–Crippen MR) is 68.5 cm³/mol. The molecule has 0 aromatic heterocycles. The van der Waals surface area contributed by atoms with Gasteiger partial charge >= 0.3 is 0 Å². The second kappa shape index (κ2) is 4.57. The Morgan fingerprint density at radius 2 is 1.94 bits per heavy atom. The van der Waals surface area contributed by atoms with Crippen LogP contribution in [0.1, 0.15) is 20.3 Å². The van der Waals surface area contributed by atoms with Crippen LogP contribution in [0.5, 0.6) is 0 Å². The molecule has 0 fully saturated rings. The Morgan fingerprint density at radius 1 is 1.33 bits per heavy atom. The lowest BCUT2D eigenvalue weighted by molar-refractivity contribution is -0.116. The van der Waals surface area contributed by atoms with E-state index in [1.807, 2.05) is 0 Å². The van der Waals surface area contributed by atoms with E-state index in [-0.39, 0.29) is 4.90 Å². The van der Waals surface area contributed by atoms with Gasteiger partial charge in [-0.15, -0.1) is 0 Å². The number of sulfone groups is 1. The van der Waals surface area contributed by atoms with Crippen molar-refractivity contribution in [1.82, 2.24) is 5.31 Å². The van der Waals surface area contributed by atoms with Gasteiger partial charge in [-0.1, -0.05) is 25.1 Å². The molecule has 1 N–H and O–H groups in total. The minimum absolute atomic E-state index is 0.127. The first-order chi connectivity index (χ1) is 8.91. The van der Waals surface area contributed by atoms with Crippen LogP contribution in [0.2, 0.25) is 1.41 Å². The van der Waals surface area contributed by atoms with Crippen molar-refractivity contribution >= 4 is 15.7 Å². The molecule has 4 nitrogen and oxygen atoms in total. The summed E-state index contributed by atoms with van der Waals surface area (Å²) in [4.78, 5) is 12.0. The zero-order chi connectivity index (χ0) is 14.2. The third-order valence-corrected chi connectivity index (χ3v) is 5.03. The summed E-state index contributed by atoms with van der Waals surface area (Å²) >= 11 is 0. The summed E-state index contributed by atoms with van der Waals surface area (Å²) in [5.74, 6) is -0.524. The molecule has 18 heavy (non-hydrogen) atoms. The van der Waals surface area contributed by atoms with Crippen LogP contribution in [0.3, 0.4) is 0 Å². The first kappa shape index (κ1) is 11.5. The van der Waals surface area contributed by atoms with E-state index in [1.54, 1.807) is 32.0 Å². The molecule has 1 aromatic carbocycles. The normalized spacial score (nSPS) is 21.4. The quantitative estimate of drug-likeness (QED) is 0.847. The predicted octanol–water partition coefficient (Wildman–Crippen LogP) is 1.64. The van der Waals surface area contributed by atoms with Crippen LogP contribution in [0.4, 0.5) is 0 Å². The summed E-state index contributed by atoms with van der Waals surface area (Å²) in [6.45, 7) is 3.39. The molecule has 1 aromatic rings. The van der Waals surface area contributed by atoms with Crippen LogP contribution in [0.15, 0.2) is 46.4 Å². The Morgan fingerprint density at radius 3 is 2.44 bits per heavy atom. The van der Waals surface area contributed by atoms with Gasteiger partial charge in [0.2, 0.25) is 15.7 Å². The number of carbonyl (C=O) groups is 1. The lowest BCUT2D eigenvalue weighted by Crippen LogP contribution is -2.35. The minimum atomic E-state index is -3.75. The average Bonchev–Trinajstić information content (AvgIpc) is 2.61. The van der Waals surface area contributed by atoms with Crippen molar-refractivity contribution in [3.05, 3.63) is 41.5 Å². The Hall–Kier alpha value is -1.62. The molecule has 5 heteroatoms. The highest BCUT2D eigenvalue weighted by atomic mass is 32.2. The van der Waals surface area contributed by atoms with Gasteiger partial charge < -0.3 is 5.31 Å². The molecule has 1 aliphatic heterocycles.